The van der Waals surface area contributed by atoms with Crippen molar-refractivity contribution in [2.45, 2.75) is 66.0 Å². The largest absolute Gasteiger partial charge is 0.459 e. The van der Waals surface area contributed by atoms with Crippen LogP contribution < -0.4 is 0 Å². The molecule has 4 rings (SSSR count). The van der Waals surface area contributed by atoms with E-state index < -0.39 is 0 Å². The Morgan fingerprint density at radius 1 is 1.15 bits per heavy atom. The molecule has 1 amide bonds. The Morgan fingerprint density at radius 2 is 1.82 bits per heavy atom. The Kier molecular flexibility index (Phi) is 6.98. The van der Waals surface area contributed by atoms with E-state index in [0.29, 0.717) is 23.6 Å². The standard InChI is InChI=1S/C26H33N3O3S/c1-16(2)32-25(31)23-19(5)27-26-29(24(23)20-8-6-17(3)7-9-20)21(15-33-26)14-22(30)28-12-10-18(4)11-13-28/h6-9,15-16,18,24H,10-14H2,1-5H3/t24-/m0/s1. The molecule has 0 aliphatic carbocycles. The SMILES string of the molecule is CC1=C(C(=O)OC(C)C)[C@H](c2ccc(C)cc2)N2C(CC(=O)N3CCC(C)CC3)=CSC2=N1. The lowest BCUT2D eigenvalue weighted by Gasteiger charge is -2.37. The molecule has 3 aliphatic rings. The van der Waals surface area contributed by atoms with Crippen molar-refractivity contribution in [3.8, 4) is 0 Å². The minimum atomic E-state index is -0.375. The van der Waals surface area contributed by atoms with E-state index in [1.165, 1.54) is 11.8 Å². The van der Waals surface area contributed by atoms with Crippen LogP contribution in [0.3, 0.4) is 0 Å². The number of esters is 1. The number of nitrogens with zero attached hydrogens (tertiary/aromatic N) is 3. The van der Waals surface area contributed by atoms with Crippen LogP contribution in [0.15, 0.2) is 51.6 Å². The number of benzene rings is 1. The second-order valence-corrected chi connectivity index (χ2v) is 10.3. The molecular weight excluding hydrogens is 434 g/mol. The quantitative estimate of drug-likeness (QED) is 0.559. The number of thioether (sulfide) groups is 1. The number of fused-ring (bicyclic) bond motifs is 1. The van der Waals surface area contributed by atoms with Gasteiger partial charge in [-0.15, -0.1) is 0 Å². The maximum atomic E-state index is 13.2. The van der Waals surface area contributed by atoms with Crippen LogP contribution >= 0.6 is 11.8 Å². The number of likely N-dealkylation sites (tertiary alicyclic amines) is 1. The zero-order valence-electron chi connectivity index (χ0n) is 20.1. The van der Waals surface area contributed by atoms with Crippen molar-refractivity contribution >= 4 is 28.8 Å². The summed E-state index contributed by atoms with van der Waals surface area (Å²) in [6, 6.07) is 7.82. The summed E-state index contributed by atoms with van der Waals surface area (Å²) in [6.45, 7) is 11.5. The minimum absolute atomic E-state index is 0.134. The Balaban J connectivity index is 1.66. The number of ether oxygens (including phenoxy) is 1. The number of hydrogen-bond acceptors (Lipinski definition) is 6. The zero-order valence-corrected chi connectivity index (χ0v) is 20.9. The lowest BCUT2D eigenvalue weighted by atomic mass is 9.93. The highest BCUT2D eigenvalue weighted by molar-refractivity contribution is 8.16. The molecule has 0 saturated carbocycles. The molecule has 0 spiro atoms. The molecular formula is C26H33N3O3S. The Morgan fingerprint density at radius 3 is 2.45 bits per heavy atom. The predicted octanol–water partition coefficient (Wildman–Crippen LogP) is 5.17. The first kappa shape index (κ1) is 23.6. The molecule has 3 aliphatic heterocycles. The molecule has 176 valence electrons. The van der Waals surface area contributed by atoms with E-state index in [2.05, 4.69) is 11.8 Å². The van der Waals surface area contributed by atoms with E-state index in [0.717, 1.165) is 47.9 Å². The van der Waals surface area contributed by atoms with Crippen molar-refractivity contribution < 1.29 is 14.3 Å². The topological polar surface area (TPSA) is 62.2 Å². The van der Waals surface area contributed by atoms with Gasteiger partial charge in [-0.1, -0.05) is 48.5 Å². The van der Waals surface area contributed by atoms with Gasteiger partial charge in [0.1, 0.15) is 0 Å². The van der Waals surface area contributed by atoms with E-state index in [9.17, 15) is 9.59 Å². The highest BCUT2D eigenvalue weighted by Crippen LogP contribution is 2.45. The third-order valence-electron chi connectivity index (χ3n) is 6.43. The van der Waals surface area contributed by atoms with Gasteiger partial charge in [-0.25, -0.2) is 9.79 Å². The van der Waals surface area contributed by atoms with Crippen LogP contribution in [0.2, 0.25) is 0 Å². The summed E-state index contributed by atoms with van der Waals surface area (Å²) in [4.78, 5) is 35.1. The number of allylic oxidation sites excluding steroid dienone is 1. The molecule has 0 radical (unpaired) electrons. The summed E-state index contributed by atoms with van der Waals surface area (Å²) in [5, 5.41) is 2.81. The van der Waals surface area contributed by atoms with Gasteiger partial charge in [-0.05, 0) is 57.4 Å². The van der Waals surface area contributed by atoms with Crippen molar-refractivity contribution in [1.82, 2.24) is 9.80 Å². The van der Waals surface area contributed by atoms with Gasteiger partial charge in [0.15, 0.2) is 5.17 Å². The number of aryl methyl sites for hydroxylation is 1. The lowest BCUT2D eigenvalue weighted by Crippen LogP contribution is -2.41. The van der Waals surface area contributed by atoms with Gasteiger partial charge in [0.05, 0.1) is 29.8 Å². The van der Waals surface area contributed by atoms with Gasteiger partial charge in [0.2, 0.25) is 5.91 Å². The van der Waals surface area contributed by atoms with Crippen LogP contribution in [0, 0.1) is 12.8 Å². The maximum Gasteiger partial charge on any atom is 0.338 e. The number of aliphatic imine (C=N–C) groups is 1. The number of hydrogen-bond donors (Lipinski definition) is 0. The van der Waals surface area contributed by atoms with Crippen LogP contribution in [-0.2, 0) is 14.3 Å². The molecule has 3 heterocycles. The maximum absolute atomic E-state index is 13.2. The number of piperidine rings is 1. The molecule has 1 atom stereocenters. The van der Waals surface area contributed by atoms with E-state index >= 15 is 0 Å². The fourth-order valence-electron chi connectivity index (χ4n) is 4.50. The number of amidine groups is 1. The molecule has 0 bridgehead atoms. The number of carbonyl (C=O) groups is 2. The molecule has 1 saturated heterocycles. The van der Waals surface area contributed by atoms with Crippen LogP contribution in [0.1, 0.15) is 64.1 Å². The van der Waals surface area contributed by atoms with Crippen molar-refractivity contribution in [1.29, 1.82) is 0 Å². The van der Waals surface area contributed by atoms with Gasteiger partial charge < -0.3 is 14.5 Å². The van der Waals surface area contributed by atoms with Crippen LogP contribution in [0.25, 0.3) is 0 Å². The van der Waals surface area contributed by atoms with Crippen molar-refractivity contribution in [3.05, 3.63) is 57.8 Å². The zero-order chi connectivity index (χ0) is 23.7. The number of amides is 1. The summed E-state index contributed by atoms with van der Waals surface area (Å²) in [6.07, 6.45) is 2.17. The van der Waals surface area contributed by atoms with E-state index in [1.54, 1.807) is 0 Å². The first-order valence-corrected chi connectivity index (χ1v) is 12.6. The van der Waals surface area contributed by atoms with Gasteiger partial charge in [0, 0.05) is 18.8 Å². The second-order valence-electron chi connectivity index (χ2n) is 9.50. The molecule has 0 unspecified atom stereocenters. The third-order valence-corrected chi connectivity index (χ3v) is 7.31. The molecule has 33 heavy (non-hydrogen) atoms. The molecule has 0 aromatic heterocycles. The van der Waals surface area contributed by atoms with Crippen molar-refractivity contribution in [2.24, 2.45) is 10.9 Å². The van der Waals surface area contributed by atoms with Crippen molar-refractivity contribution in [3.63, 3.8) is 0 Å². The first-order chi connectivity index (χ1) is 15.7. The highest BCUT2D eigenvalue weighted by atomic mass is 32.2. The molecule has 1 fully saturated rings. The fraction of sp³-hybridized carbons (Fsp3) is 0.500. The van der Waals surface area contributed by atoms with Gasteiger partial charge >= 0.3 is 5.97 Å². The van der Waals surface area contributed by atoms with Gasteiger partial charge in [0.25, 0.3) is 0 Å². The summed E-state index contributed by atoms with van der Waals surface area (Å²) >= 11 is 1.51. The average Bonchev–Trinajstić information content (AvgIpc) is 3.15. The molecule has 0 N–H and O–H groups in total. The average molecular weight is 468 g/mol. The second kappa shape index (κ2) is 9.75. The summed E-state index contributed by atoms with van der Waals surface area (Å²) in [5.41, 5.74) is 4.21. The molecule has 1 aromatic carbocycles. The molecule has 7 heteroatoms. The van der Waals surface area contributed by atoms with E-state index in [4.69, 9.17) is 9.73 Å². The monoisotopic (exact) mass is 467 g/mol. The normalized spacial score (nSPS) is 21.2. The number of carbonyl (C=O) groups excluding carboxylic acids is 2. The summed E-state index contributed by atoms with van der Waals surface area (Å²) in [7, 11) is 0. The number of rotatable bonds is 5. The van der Waals surface area contributed by atoms with Gasteiger partial charge in [-0.3, -0.25) is 4.79 Å². The third kappa shape index (κ3) is 5.03. The van der Waals surface area contributed by atoms with Crippen LogP contribution in [-0.4, -0.2) is 46.0 Å². The van der Waals surface area contributed by atoms with E-state index in [1.807, 2.05) is 62.3 Å². The Bertz CT molecular complexity index is 1020. The summed E-state index contributed by atoms with van der Waals surface area (Å²) in [5.74, 6) is 0.448. The molecule has 1 aromatic rings. The lowest BCUT2D eigenvalue weighted by molar-refractivity contribution is -0.143. The highest BCUT2D eigenvalue weighted by Gasteiger charge is 2.41. The Labute approximate surface area is 200 Å². The van der Waals surface area contributed by atoms with E-state index in [-0.39, 0.29) is 24.0 Å². The van der Waals surface area contributed by atoms with Crippen LogP contribution in [0.5, 0.6) is 0 Å². The first-order valence-electron chi connectivity index (χ1n) is 11.7. The molecule has 6 nitrogen and oxygen atoms in total. The fourth-order valence-corrected chi connectivity index (χ4v) is 5.46. The smallest absolute Gasteiger partial charge is 0.338 e. The van der Waals surface area contributed by atoms with Gasteiger partial charge in [-0.2, -0.15) is 0 Å². The van der Waals surface area contributed by atoms with Crippen molar-refractivity contribution in [2.75, 3.05) is 13.1 Å². The predicted molar refractivity (Wildman–Crippen MR) is 132 cm³/mol. The Hall–Kier alpha value is -2.54. The van der Waals surface area contributed by atoms with Crippen LogP contribution in [0.4, 0.5) is 0 Å². The summed E-state index contributed by atoms with van der Waals surface area (Å²) < 4.78 is 5.61. The minimum Gasteiger partial charge on any atom is -0.459 e.